The third kappa shape index (κ3) is 2.69. The molecule has 11 heavy (non-hydrogen) atoms. The summed E-state index contributed by atoms with van der Waals surface area (Å²) in [6.07, 6.45) is 7.36. The van der Waals surface area contributed by atoms with E-state index in [2.05, 4.69) is 39.8 Å². The van der Waals surface area contributed by atoms with Crippen LogP contribution >= 0.6 is 0 Å². The summed E-state index contributed by atoms with van der Waals surface area (Å²) < 4.78 is 0. The Hall–Kier alpha value is -0.260. The molecular weight excluding hydrogens is 132 g/mol. The number of hydrogen-bond donors (Lipinski definition) is 0. The molecule has 0 aromatic rings. The Morgan fingerprint density at radius 1 is 1.36 bits per heavy atom. The molecule has 0 aromatic carbocycles. The zero-order valence-electron chi connectivity index (χ0n) is 8.22. The Balaban J connectivity index is 2.43. The van der Waals surface area contributed by atoms with Crippen LogP contribution in [0.15, 0.2) is 12.2 Å². The van der Waals surface area contributed by atoms with Gasteiger partial charge in [0.25, 0.3) is 0 Å². The summed E-state index contributed by atoms with van der Waals surface area (Å²) in [6, 6.07) is 0. The Labute approximate surface area is 70.7 Å². The van der Waals surface area contributed by atoms with Crippen LogP contribution in [0.25, 0.3) is 0 Å². The summed E-state index contributed by atoms with van der Waals surface area (Å²) in [7, 11) is 0. The summed E-state index contributed by atoms with van der Waals surface area (Å²) in [5.41, 5.74) is 0.494. The van der Waals surface area contributed by atoms with Gasteiger partial charge in [-0.2, -0.15) is 0 Å². The van der Waals surface area contributed by atoms with Gasteiger partial charge in [0.1, 0.15) is 0 Å². The highest BCUT2D eigenvalue weighted by Gasteiger charge is 2.23. The van der Waals surface area contributed by atoms with Crippen LogP contribution < -0.4 is 0 Å². The first-order valence-corrected chi connectivity index (χ1v) is 4.66. The van der Waals surface area contributed by atoms with Crippen LogP contribution in [-0.2, 0) is 0 Å². The molecule has 0 spiro atoms. The molecule has 1 aliphatic carbocycles. The van der Waals surface area contributed by atoms with E-state index in [-0.39, 0.29) is 0 Å². The molecule has 0 saturated heterocycles. The van der Waals surface area contributed by atoms with E-state index >= 15 is 0 Å². The van der Waals surface area contributed by atoms with Crippen molar-refractivity contribution < 1.29 is 0 Å². The van der Waals surface area contributed by atoms with Crippen LogP contribution in [-0.4, -0.2) is 0 Å². The largest absolute Gasteiger partial charge is 0.0880 e. The van der Waals surface area contributed by atoms with Crippen molar-refractivity contribution in [1.82, 2.24) is 0 Å². The average Bonchev–Trinajstić information content (AvgIpc) is 2.12. The highest BCUT2D eigenvalue weighted by atomic mass is 14.3. The zero-order chi connectivity index (χ0) is 8.48. The third-order valence-electron chi connectivity index (χ3n) is 2.47. The van der Waals surface area contributed by atoms with Gasteiger partial charge < -0.3 is 0 Å². The second-order valence-corrected chi connectivity index (χ2v) is 5.07. The molecule has 0 bridgehead atoms. The molecule has 64 valence electrons. The van der Waals surface area contributed by atoms with Crippen molar-refractivity contribution in [3.63, 3.8) is 0 Å². The monoisotopic (exact) mass is 152 g/mol. The fraction of sp³-hybridized carbons (Fsp3) is 0.818. The van der Waals surface area contributed by atoms with Crippen LogP contribution in [0.4, 0.5) is 0 Å². The molecule has 1 rings (SSSR count). The Morgan fingerprint density at radius 2 is 2.00 bits per heavy atom. The molecule has 0 aliphatic heterocycles. The van der Waals surface area contributed by atoms with Gasteiger partial charge in [0.05, 0.1) is 0 Å². The lowest BCUT2D eigenvalue weighted by Crippen LogP contribution is -2.14. The summed E-state index contributed by atoms with van der Waals surface area (Å²) in [5.74, 6) is 1.73. The molecule has 0 saturated carbocycles. The van der Waals surface area contributed by atoms with Crippen LogP contribution in [0.3, 0.4) is 0 Å². The Kier molecular flexibility index (Phi) is 2.41. The standard InChI is InChI=1S/C11H20/c1-9-6-5-7-10(9)8-11(2,3)4/h5,7,9-10H,6,8H2,1-4H3. The maximum Gasteiger partial charge on any atom is -0.0200 e. The lowest BCUT2D eigenvalue weighted by molar-refractivity contribution is 0.284. The topological polar surface area (TPSA) is 0 Å². The minimum Gasteiger partial charge on any atom is -0.0880 e. The molecule has 0 radical (unpaired) electrons. The lowest BCUT2D eigenvalue weighted by Gasteiger charge is -2.24. The van der Waals surface area contributed by atoms with Gasteiger partial charge in [-0.3, -0.25) is 0 Å². The van der Waals surface area contributed by atoms with Gasteiger partial charge in [-0.1, -0.05) is 39.8 Å². The molecular formula is C11H20. The van der Waals surface area contributed by atoms with Crippen molar-refractivity contribution in [1.29, 1.82) is 0 Å². The summed E-state index contributed by atoms with van der Waals surface area (Å²) in [5, 5.41) is 0. The van der Waals surface area contributed by atoms with Gasteiger partial charge in [-0.15, -0.1) is 0 Å². The lowest BCUT2D eigenvalue weighted by atomic mass is 9.81. The second kappa shape index (κ2) is 3.00. The highest BCUT2D eigenvalue weighted by molar-refractivity contribution is 5.00. The molecule has 0 heteroatoms. The molecule has 0 heterocycles. The second-order valence-electron chi connectivity index (χ2n) is 5.07. The summed E-state index contributed by atoms with van der Waals surface area (Å²) in [4.78, 5) is 0. The average molecular weight is 152 g/mol. The van der Waals surface area contributed by atoms with E-state index in [9.17, 15) is 0 Å². The minimum atomic E-state index is 0.494. The van der Waals surface area contributed by atoms with Crippen molar-refractivity contribution in [2.45, 2.75) is 40.5 Å². The van der Waals surface area contributed by atoms with E-state index < -0.39 is 0 Å². The quantitative estimate of drug-likeness (QED) is 0.503. The van der Waals surface area contributed by atoms with Crippen LogP contribution in [0.1, 0.15) is 40.5 Å². The first kappa shape index (κ1) is 8.83. The van der Waals surface area contributed by atoms with E-state index in [1.807, 2.05) is 0 Å². The van der Waals surface area contributed by atoms with E-state index in [1.54, 1.807) is 0 Å². The Morgan fingerprint density at radius 3 is 2.36 bits per heavy atom. The third-order valence-corrected chi connectivity index (χ3v) is 2.47. The highest BCUT2D eigenvalue weighted by Crippen LogP contribution is 2.34. The fourth-order valence-corrected chi connectivity index (χ4v) is 1.81. The van der Waals surface area contributed by atoms with Crippen molar-refractivity contribution in [3.8, 4) is 0 Å². The molecule has 0 amide bonds. The first-order valence-electron chi connectivity index (χ1n) is 4.66. The molecule has 0 nitrogen and oxygen atoms in total. The van der Waals surface area contributed by atoms with Gasteiger partial charge in [0, 0.05) is 0 Å². The normalized spacial score (nSPS) is 31.3. The van der Waals surface area contributed by atoms with E-state index in [0.717, 1.165) is 11.8 Å². The predicted molar refractivity (Wildman–Crippen MR) is 50.5 cm³/mol. The molecule has 2 unspecified atom stereocenters. The number of allylic oxidation sites excluding steroid dienone is 2. The van der Waals surface area contributed by atoms with Gasteiger partial charge in [0.2, 0.25) is 0 Å². The Bertz CT molecular complexity index is 148. The van der Waals surface area contributed by atoms with Crippen molar-refractivity contribution >= 4 is 0 Å². The van der Waals surface area contributed by atoms with Crippen LogP contribution in [0.2, 0.25) is 0 Å². The molecule has 1 aliphatic rings. The van der Waals surface area contributed by atoms with E-state index in [4.69, 9.17) is 0 Å². The van der Waals surface area contributed by atoms with Gasteiger partial charge >= 0.3 is 0 Å². The van der Waals surface area contributed by atoms with Crippen LogP contribution in [0.5, 0.6) is 0 Å². The zero-order valence-corrected chi connectivity index (χ0v) is 8.22. The van der Waals surface area contributed by atoms with E-state index in [0.29, 0.717) is 5.41 Å². The fourth-order valence-electron chi connectivity index (χ4n) is 1.81. The van der Waals surface area contributed by atoms with Gasteiger partial charge in [0.15, 0.2) is 0 Å². The number of hydrogen-bond acceptors (Lipinski definition) is 0. The van der Waals surface area contributed by atoms with Crippen molar-refractivity contribution in [2.75, 3.05) is 0 Å². The maximum atomic E-state index is 2.40. The van der Waals surface area contributed by atoms with Crippen molar-refractivity contribution in [2.24, 2.45) is 17.3 Å². The first-order chi connectivity index (χ1) is 4.99. The van der Waals surface area contributed by atoms with Crippen molar-refractivity contribution in [3.05, 3.63) is 12.2 Å². The molecule has 0 N–H and O–H groups in total. The van der Waals surface area contributed by atoms with Crippen LogP contribution in [0, 0.1) is 17.3 Å². The smallest absolute Gasteiger partial charge is 0.0200 e. The van der Waals surface area contributed by atoms with E-state index in [1.165, 1.54) is 12.8 Å². The predicted octanol–water partition coefficient (Wildman–Crippen LogP) is 3.63. The summed E-state index contributed by atoms with van der Waals surface area (Å²) >= 11 is 0. The number of rotatable bonds is 1. The maximum absolute atomic E-state index is 2.40. The molecule has 0 aromatic heterocycles. The van der Waals surface area contributed by atoms with Gasteiger partial charge in [-0.05, 0) is 30.1 Å². The molecule has 0 fully saturated rings. The minimum absolute atomic E-state index is 0.494. The molecule has 2 atom stereocenters. The van der Waals surface area contributed by atoms with Gasteiger partial charge in [-0.25, -0.2) is 0 Å². The summed E-state index contributed by atoms with van der Waals surface area (Å²) in [6.45, 7) is 9.33. The SMILES string of the molecule is CC1CC=CC1CC(C)(C)C.